The zero-order valence-electron chi connectivity index (χ0n) is 18.3. The topological polar surface area (TPSA) is 55.1 Å². The van der Waals surface area contributed by atoms with E-state index in [0.717, 1.165) is 23.7 Å². The highest BCUT2D eigenvalue weighted by Crippen LogP contribution is 2.21. The monoisotopic (exact) mass is 420 g/mol. The summed E-state index contributed by atoms with van der Waals surface area (Å²) in [5, 5.41) is 10.5. The lowest BCUT2D eigenvalue weighted by atomic mass is 10.1. The molecule has 1 aliphatic heterocycles. The summed E-state index contributed by atoms with van der Waals surface area (Å²) in [4.78, 5) is 16.8. The first-order chi connectivity index (χ1) is 14.2. The zero-order chi connectivity index (χ0) is 20.7. The number of nitrogens with zero attached hydrogens (tertiary/aromatic N) is 2. The van der Waals surface area contributed by atoms with Gasteiger partial charge in [-0.3, -0.25) is 9.36 Å². The van der Waals surface area contributed by atoms with Crippen LogP contribution in [0, 0.1) is 0 Å². The number of unbranched alkanes of at least 4 members (excludes halogenated alkanes) is 11. The van der Waals surface area contributed by atoms with Crippen LogP contribution in [0.3, 0.4) is 0 Å². The minimum Gasteiger partial charge on any atom is -0.390 e. The Balaban J connectivity index is 1.47. The summed E-state index contributed by atoms with van der Waals surface area (Å²) in [6.07, 6.45) is 22.0. The van der Waals surface area contributed by atoms with E-state index in [1.807, 2.05) is 0 Å². The summed E-state index contributed by atoms with van der Waals surface area (Å²) < 4.78 is 1.60. The van der Waals surface area contributed by atoms with Gasteiger partial charge >= 0.3 is 0 Å². The molecule has 1 aliphatic rings. The normalized spacial score (nSPS) is 16.4. The smallest absolute Gasteiger partial charge is 0.254 e. The molecule has 0 saturated heterocycles. The first-order valence-electron chi connectivity index (χ1n) is 11.8. The number of fused-ring (bicyclic) bond motifs is 1. The second-order valence-corrected chi connectivity index (χ2v) is 9.27. The van der Waals surface area contributed by atoms with Crippen LogP contribution in [0.25, 0.3) is 0 Å². The van der Waals surface area contributed by atoms with Gasteiger partial charge in [0.2, 0.25) is 0 Å². The molecule has 0 radical (unpaired) electrons. The van der Waals surface area contributed by atoms with Crippen LogP contribution < -0.4 is 5.56 Å². The van der Waals surface area contributed by atoms with E-state index in [1.165, 1.54) is 88.8 Å². The van der Waals surface area contributed by atoms with Crippen molar-refractivity contribution in [3.8, 4) is 0 Å². The molecule has 0 fully saturated rings. The molecule has 0 aromatic carbocycles. The number of aryl methyl sites for hydroxylation is 1. The van der Waals surface area contributed by atoms with E-state index in [9.17, 15) is 9.90 Å². The number of allylic oxidation sites excluding steroid dienone is 2. The van der Waals surface area contributed by atoms with Gasteiger partial charge in [0, 0.05) is 17.5 Å². The molecule has 1 aromatic heterocycles. The van der Waals surface area contributed by atoms with E-state index >= 15 is 0 Å². The summed E-state index contributed by atoms with van der Waals surface area (Å²) in [6.45, 7) is 2.64. The molecule has 164 valence electrons. The van der Waals surface area contributed by atoms with Gasteiger partial charge in [-0.2, -0.15) is 0 Å². The van der Waals surface area contributed by atoms with Gasteiger partial charge in [0.1, 0.15) is 0 Å². The Labute approximate surface area is 181 Å². The Kier molecular flexibility index (Phi) is 12.4. The van der Waals surface area contributed by atoms with Gasteiger partial charge in [-0.05, 0) is 38.5 Å². The third-order valence-corrected chi connectivity index (χ3v) is 6.64. The number of rotatable bonds is 15. The third-order valence-electron chi connectivity index (χ3n) is 5.52. The van der Waals surface area contributed by atoms with Crippen molar-refractivity contribution in [2.24, 2.45) is 0 Å². The van der Waals surface area contributed by atoms with Crippen molar-refractivity contribution >= 4 is 11.8 Å². The Hall–Kier alpha value is -1.07. The quantitative estimate of drug-likeness (QED) is 0.218. The molecule has 0 saturated carbocycles. The van der Waals surface area contributed by atoms with E-state index in [2.05, 4.69) is 24.1 Å². The maximum absolute atomic E-state index is 12.2. The SMILES string of the molecule is CCCCCCCCC=CCCCCCCCc1cc(=O)n2c(n1)SCC(O)C2. The van der Waals surface area contributed by atoms with E-state index in [-0.39, 0.29) is 5.56 Å². The van der Waals surface area contributed by atoms with E-state index in [0.29, 0.717) is 12.3 Å². The molecule has 0 amide bonds. The van der Waals surface area contributed by atoms with Gasteiger partial charge < -0.3 is 5.11 Å². The third kappa shape index (κ3) is 9.99. The van der Waals surface area contributed by atoms with E-state index < -0.39 is 6.10 Å². The molecule has 2 rings (SSSR count). The molecule has 29 heavy (non-hydrogen) atoms. The van der Waals surface area contributed by atoms with E-state index in [1.54, 1.807) is 10.6 Å². The molecular weight excluding hydrogens is 380 g/mol. The lowest BCUT2D eigenvalue weighted by Gasteiger charge is -2.21. The van der Waals surface area contributed by atoms with Gasteiger partial charge in [0.15, 0.2) is 5.16 Å². The zero-order valence-corrected chi connectivity index (χ0v) is 19.1. The summed E-state index contributed by atoms with van der Waals surface area (Å²) >= 11 is 1.48. The summed E-state index contributed by atoms with van der Waals surface area (Å²) in [5.74, 6) is 0.628. The van der Waals surface area contributed by atoms with Crippen LogP contribution in [0.15, 0.2) is 28.2 Å². The lowest BCUT2D eigenvalue weighted by Crippen LogP contribution is -2.33. The van der Waals surface area contributed by atoms with Gasteiger partial charge in [-0.25, -0.2) is 4.98 Å². The molecule has 0 aliphatic carbocycles. The first-order valence-corrected chi connectivity index (χ1v) is 12.8. The second-order valence-electron chi connectivity index (χ2n) is 8.28. The van der Waals surface area contributed by atoms with Crippen LogP contribution in [-0.2, 0) is 13.0 Å². The lowest BCUT2D eigenvalue weighted by molar-refractivity contribution is 0.167. The minimum absolute atomic E-state index is 0.0241. The summed E-state index contributed by atoms with van der Waals surface area (Å²) in [5.41, 5.74) is 0.881. The van der Waals surface area contributed by atoms with Crippen molar-refractivity contribution < 1.29 is 5.11 Å². The summed E-state index contributed by atoms with van der Waals surface area (Å²) in [6, 6.07) is 1.65. The molecule has 1 unspecified atom stereocenters. The predicted molar refractivity (Wildman–Crippen MR) is 124 cm³/mol. The Bertz CT molecular complexity index is 657. The number of aromatic nitrogens is 2. The van der Waals surface area contributed by atoms with Crippen molar-refractivity contribution in [1.29, 1.82) is 0 Å². The van der Waals surface area contributed by atoms with E-state index in [4.69, 9.17) is 0 Å². The molecule has 1 N–H and O–H groups in total. The Morgan fingerprint density at radius 3 is 2.34 bits per heavy atom. The number of thioether (sulfide) groups is 1. The fourth-order valence-corrected chi connectivity index (χ4v) is 4.70. The van der Waals surface area contributed by atoms with Gasteiger partial charge in [0.25, 0.3) is 5.56 Å². The number of hydrogen-bond acceptors (Lipinski definition) is 4. The van der Waals surface area contributed by atoms with Crippen LogP contribution in [0.1, 0.15) is 96.1 Å². The van der Waals surface area contributed by atoms with Crippen molar-refractivity contribution in [2.45, 2.75) is 115 Å². The largest absolute Gasteiger partial charge is 0.390 e. The molecule has 0 spiro atoms. The van der Waals surface area contributed by atoms with Crippen LogP contribution in [-0.4, -0.2) is 26.5 Å². The Morgan fingerprint density at radius 1 is 1.03 bits per heavy atom. The van der Waals surface area contributed by atoms with Crippen LogP contribution in [0.5, 0.6) is 0 Å². The minimum atomic E-state index is -0.441. The number of aliphatic hydroxyl groups excluding tert-OH is 1. The van der Waals surface area contributed by atoms with Crippen LogP contribution in [0.2, 0.25) is 0 Å². The highest BCUT2D eigenvalue weighted by atomic mass is 32.2. The first kappa shape index (κ1) is 24.2. The van der Waals surface area contributed by atoms with Crippen molar-refractivity contribution in [1.82, 2.24) is 9.55 Å². The molecular formula is C24H40N2O2S. The fourth-order valence-electron chi connectivity index (χ4n) is 3.75. The fraction of sp³-hybridized carbons (Fsp3) is 0.750. The average Bonchev–Trinajstić information content (AvgIpc) is 2.71. The van der Waals surface area contributed by atoms with Crippen LogP contribution in [0.4, 0.5) is 0 Å². The molecule has 1 atom stereocenters. The molecule has 4 nitrogen and oxygen atoms in total. The molecule has 2 heterocycles. The maximum Gasteiger partial charge on any atom is 0.254 e. The second kappa shape index (κ2) is 14.8. The number of hydrogen-bond donors (Lipinski definition) is 1. The van der Waals surface area contributed by atoms with Crippen LogP contribution >= 0.6 is 11.8 Å². The summed E-state index contributed by atoms with van der Waals surface area (Å²) in [7, 11) is 0. The maximum atomic E-state index is 12.2. The highest BCUT2D eigenvalue weighted by Gasteiger charge is 2.19. The molecule has 5 heteroatoms. The van der Waals surface area contributed by atoms with Crippen molar-refractivity contribution in [2.75, 3.05) is 5.75 Å². The number of aliphatic hydroxyl groups is 1. The highest BCUT2D eigenvalue weighted by molar-refractivity contribution is 7.99. The molecule has 0 bridgehead atoms. The molecule has 1 aromatic rings. The predicted octanol–water partition coefficient (Wildman–Crippen LogP) is 5.90. The van der Waals surface area contributed by atoms with Crippen molar-refractivity contribution in [3.05, 3.63) is 34.3 Å². The standard InChI is InChI=1S/C24H40N2O2S/c1-2-3-4-5-6-7-8-9-10-11-12-13-14-15-16-17-21-18-23(28)26-19-22(27)20-29-24(26)25-21/h9-10,18,22,27H,2-8,11-17,19-20H2,1H3. The van der Waals surface area contributed by atoms with Gasteiger partial charge in [-0.15, -0.1) is 0 Å². The Morgan fingerprint density at radius 2 is 1.66 bits per heavy atom. The average molecular weight is 421 g/mol. The van der Waals surface area contributed by atoms with Gasteiger partial charge in [-0.1, -0.05) is 82.2 Å². The van der Waals surface area contributed by atoms with Gasteiger partial charge in [0.05, 0.1) is 12.6 Å². The van der Waals surface area contributed by atoms with Crippen molar-refractivity contribution in [3.63, 3.8) is 0 Å².